The number of halogens is 3. The van der Waals surface area contributed by atoms with Gasteiger partial charge in [-0.25, -0.2) is 0 Å². The van der Waals surface area contributed by atoms with Gasteiger partial charge in [0.1, 0.15) is 5.75 Å². The van der Waals surface area contributed by atoms with Gasteiger partial charge in [0.05, 0.1) is 17.0 Å². The molecule has 2 aromatic carbocycles. The highest BCUT2D eigenvalue weighted by atomic mass is 79.9. The van der Waals surface area contributed by atoms with E-state index in [4.69, 9.17) is 27.9 Å². The first-order valence-corrected chi connectivity index (χ1v) is 7.37. The summed E-state index contributed by atoms with van der Waals surface area (Å²) in [5.41, 5.74) is 3.02. The van der Waals surface area contributed by atoms with E-state index in [0.29, 0.717) is 0 Å². The van der Waals surface area contributed by atoms with E-state index in [2.05, 4.69) is 15.9 Å². The van der Waals surface area contributed by atoms with Crippen molar-refractivity contribution in [2.75, 3.05) is 7.11 Å². The van der Waals surface area contributed by atoms with Crippen molar-refractivity contribution in [1.29, 1.82) is 0 Å². The Labute approximate surface area is 131 Å². The van der Waals surface area contributed by atoms with Crippen molar-refractivity contribution in [2.45, 2.75) is 12.3 Å². The molecule has 0 saturated carbocycles. The lowest BCUT2D eigenvalue weighted by atomic mass is 10.0. The van der Waals surface area contributed by atoms with Crippen molar-refractivity contribution in [1.82, 2.24) is 0 Å². The third-order valence-corrected chi connectivity index (χ3v) is 4.49. The number of hydrogen-bond acceptors (Lipinski definition) is 1. The Morgan fingerprint density at radius 2 is 1.74 bits per heavy atom. The fourth-order valence-electron chi connectivity index (χ4n) is 1.80. The minimum Gasteiger partial charge on any atom is -0.496 e. The van der Waals surface area contributed by atoms with Crippen LogP contribution in [-0.2, 0) is 0 Å². The highest BCUT2D eigenvalue weighted by molar-refractivity contribution is 9.10. The maximum absolute atomic E-state index is 6.50. The van der Waals surface area contributed by atoms with Crippen LogP contribution in [0.3, 0.4) is 0 Å². The normalized spacial score (nSPS) is 12.3. The molecule has 1 nitrogen and oxygen atoms in total. The molecule has 1 atom stereocenters. The largest absolute Gasteiger partial charge is 0.496 e. The minimum atomic E-state index is -0.236. The van der Waals surface area contributed by atoms with E-state index in [0.717, 1.165) is 31.9 Å². The second kappa shape index (κ2) is 6.17. The summed E-state index contributed by atoms with van der Waals surface area (Å²) in [5.74, 6) is 0.787. The predicted molar refractivity (Wildman–Crippen MR) is 84.6 cm³/mol. The van der Waals surface area contributed by atoms with Crippen LogP contribution in [0, 0.1) is 6.92 Å². The summed E-state index contributed by atoms with van der Waals surface area (Å²) in [4.78, 5) is 0. The third kappa shape index (κ3) is 3.25. The summed E-state index contributed by atoms with van der Waals surface area (Å²) in [7, 11) is 1.64. The van der Waals surface area contributed by atoms with Crippen LogP contribution in [0.1, 0.15) is 22.1 Å². The van der Waals surface area contributed by atoms with Gasteiger partial charge >= 0.3 is 0 Å². The molecule has 0 saturated heterocycles. The number of benzene rings is 2. The average molecular weight is 360 g/mol. The summed E-state index contributed by atoms with van der Waals surface area (Å²) in [6, 6.07) is 11.7. The van der Waals surface area contributed by atoms with Gasteiger partial charge in [0.15, 0.2) is 0 Å². The highest BCUT2D eigenvalue weighted by Gasteiger charge is 2.13. The lowest BCUT2D eigenvalue weighted by molar-refractivity contribution is 0.412. The van der Waals surface area contributed by atoms with E-state index < -0.39 is 0 Å². The van der Waals surface area contributed by atoms with Gasteiger partial charge in [0.2, 0.25) is 0 Å². The van der Waals surface area contributed by atoms with Gasteiger partial charge in [-0.3, -0.25) is 0 Å². The molecular weight excluding hydrogens is 347 g/mol. The third-order valence-electron chi connectivity index (χ3n) is 2.96. The van der Waals surface area contributed by atoms with Gasteiger partial charge in [-0.2, -0.15) is 0 Å². The predicted octanol–water partition coefficient (Wildman–Crippen LogP) is 5.75. The van der Waals surface area contributed by atoms with Crippen LogP contribution < -0.4 is 4.74 Å². The molecule has 0 heterocycles. The van der Waals surface area contributed by atoms with Crippen molar-refractivity contribution >= 4 is 39.1 Å². The first kappa shape index (κ1) is 14.7. The lowest BCUT2D eigenvalue weighted by Gasteiger charge is -2.13. The van der Waals surface area contributed by atoms with E-state index in [9.17, 15) is 0 Å². The van der Waals surface area contributed by atoms with Crippen LogP contribution in [0.25, 0.3) is 0 Å². The molecule has 0 aromatic heterocycles. The summed E-state index contributed by atoms with van der Waals surface area (Å²) in [6.07, 6.45) is 0. The Bertz CT molecular complexity index is 599. The zero-order valence-electron chi connectivity index (χ0n) is 10.6. The molecule has 0 aliphatic rings. The zero-order chi connectivity index (χ0) is 14.0. The first-order chi connectivity index (χ1) is 9.02. The number of alkyl halides is 1. The monoisotopic (exact) mass is 358 g/mol. The summed E-state index contributed by atoms with van der Waals surface area (Å²) < 4.78 is 6.09. The maximum atomic E-state index is 6.50. The molecule has 0 bridgehead atoms. The number of methoxy groups -OCH3 is 1. The highest BCUT2D eigenvalue weighted by Crippen LogP contribution is 2.35. The van der Waals surface area contributed by atoms with Gasteiger partial charge in [-0.15, -0.1) is 11.6 Å². The molecule has 2 aromatic rings. The van der Waals surface area contributed by atoms with Gasteiger partial charge in [0.25, 0.3) is 0 Å². The number of rotatable bonds is 3. The van der Waals surface area contributed by atoms with Crippen molar-refractivity contribution in [3.05, 3.63) is 62.6 Å². The molecule has 0 aliphatic heterocycles. The Morgan fingerprint density at radius 1 is 1.11 bits per heavy atom. The Balaban J connectivity index is 2.35. The molecule has 19 heavy (non-hydrogen) atoms. The van der Waals surface area contributed by atoms with E-state index in [1.807, 2.05) is 43.3 Å². The van der Waals surface area contributed by atoms with Gasteiger partial charge in [-0.1, -0.05) is 29.8 Å². The van der Waals surface area contributed by atoms with Crippen LogP contribution in [0.2, 0.25) is 5.02 Å². The van der Waals surface area contributed by atoms with E-state index >= 15 is 0 Å². The van der Waals surface area contributed by atoms with E-state index in [-0.39, 0.29) is 5.38 Å². The maximum Gasteiger partial charge on any atom is 0.133 e. The molecule has 1 unspecified atom stereocenters. The van der Waals surface area contributed by atoms with Crippen molar-refractivity contribution in [3.8, 4) is 5.75 Å². The summed E-state index contributed by atoms with van der Waals surface area (Å²) in [6.45, 7) is 1.97. The van der Waals surface area contributed by atoms with Gasteiger partial charge in [-0.05, 0) is 57.7 Å². The van der Waals surface area contributed by atoms with Gasteiger partial charge in [0, 0.05) is 5.02 Å². The molecule has 0 N–H and O–H groups in total. The molecule has 0 spiro atoms. The summed E-state index contributed by atoms with van der Waals surface area (Å²) >= 11 is 16.1. The molecule has 0 aliphatic carbocycles. The molecule has 2 rings (SSSR count). The molecule has 100 valence electrons. The molecule has 0 fully saturated rings. The van der Waals surface area contributed by atoms with Crippen LogP contribution in [0.5, 0.6) is 5.75 Å². The van der Waals surface area contributed by atoms with Gasteiger partial charge < -0.3 is 4.74 Å². The fourth-order valence-corrected chi connectivity index (χ4v) is 2.82. The number of aryl methyl sites for hydroxylation is 1. The first-order valence-electron chi connectivity index (χ1n) is 5.76. The Morgan fingerprint density at radius 3 is 2.32 bits per heavy atom. The van der Waals surface area contributed by atoms with Crippen LogP contribution in [-0.4, -0.2) is 7.11 Å². The van der Waals surface area contributed by atoms with Crippen LogP contribution >= 0.6 is 39.1 Å². The Kier molecular flexibility index (Phi) is 4.77. The molecular formula is C15H13BrCl2O. The molecule has 0 radical (unpaired) electrons. The standard InChI is InChI=1S/C15H13BrCl2O/c1-9-3-4-11(8-13(9)17)15(18)10-5-6-14(19-2)12(16)7-10/h3-8,15H,1-2H3. The SMILES string of the molecule is COc1ccc(C(Cl)c2ccc(C)c(Cl)c2)cc1Br. The topological polar surface area (TPSA) is 9.23 Å². The van der Waals surface area contributed by atoms with Crippen molar-refractivity contribution < 1.29 is 4.74 Å². The van der Waals surface area contributed by atoms with Crippen LogP contribution in [0.15, 0.2) is 40.9 Å². The average Bonchev–Trinajstić information content (AvgIpc) is 2.41. The molecule has 4 heteroatoms. The number of hydrogen-bond donors (Lipinski definition) is 0. The lowest BCUT2D eigenvalue weighted by Crippen LogP contribution is -1.95. The van der Waals surface area contributed by atoms with Crippen molar-refractivity contribution in [3.63, 3.8) is 0 Å². The molecule has 0 amide bonds. The minimum absolute atomic E-state index is 0.236. The van der Waals surface area contributed by atoms with Crippen LogP contribution in [0.4, 0.5) is 0 Å². The fraction of sp³-hybridized carbons (Fsp3) is 0.200. The Hall–Kier alpha value is -0.700. The summed E-state index contributed by atoms with van der Waals surface area (Å²) in [5, 5.41) is 0.496. The second-order valence-electron chi connectivity index (χ2n) is 4.27. The quantitative estimate of drug-likeness (QED) is 0.634. The van der Waals surface area contributed by atoms with E-state index in [1.54, 1.807) is 7.11 Å². The smallest absolute Gasteiger partial charge is 0.133 e. The second-order valence-corrected chi connectivity index (χ2v) is 5.96. The van der Waals surface area contributed by atoms with Crippen molar-refractivity contribution in [2.24, 2.45) is 0 Å². The number of ether oxygens (including phenoxy) is 1. The zero-order valence-corrected chi connectivity index (χ0v) is 13.7. The van der Waals surface area contributed by atoms with E-state index in [1.165, 1.54) is 0 Å².